The molecule has 3 aromatic rings. The average Bonchev–Trinajstić information content (AvgIpc) is 4.21. The Kier molecular flexibility index (Phi) is 19.5. The number of amides is 6. The van der Waals surface area contributed by atoms with Crippen molar-refractivity contribution >= 4 is 69.1 Å². The maximum Gasteiger partial charge on any atom is 0.408 e. The standard InChI is InChI=1S/C54H67BrN6O12.H2/c1-30(2)46-53(70)73-33(5)40(28-43(62)31(3)56-48(65)32(4)57-54(71)72-29-36-15-11-8-12-16-36)49(66)59-47(37-19-20-37)44(63)27-38-21-24-45(64)61(51(38)68)42(26-35-17-22-39(55)23-18-35)52(69)60(6)41(50(67)58-46)25-34-13-9-7-10-14-34;/h7-18,22-23,30-33,37-38,40-42,45-47,64H,19-21,24-29H2,1-6H3,(H,56,65)(H,57,71)(H,58,67)(H,59,66);1H/t31-,32-,33+,38+,40-,41-,42-,45+,46-,47-;/m0./s1. The third-order valence-electron chi connectivity index (χ3n) is 13.9. The number of hydrogen-bond donors (Lipinski definition) is 5. The van der Waals surface area contributed by atoms with Crippen LogP contribution in [0.3, 0.4) is 0 Å². The van der Waals surface area contributed by atoms with Crippen LogP contribution in [0.15, 0.2) is 89.4 Å². The van der Waals surface area contributed by atoms with Gasteiger partial charge in [0.2, 0.25) is 29.5 Å². The molecule has 0 unspecified atom stereocenters. The number of rotatable bonds is 14. The van der Waals surface area contributed by atoms with Crippen molar-refractivity contribution in [2.75, 3.05) is 7.05 Å². The third kappa shape index (κ3) is 15.1. The van der Waals surface area contributed by atoms with E-state index in [1.165, 1.54) is 32.7 Å². The van der Waals surface area contributed by atoms with Gasteiger partial charge in [-0.1, -0.05) is 103 Å². The number of aliphatic hydroxyl groups is 1. The average molecular weight is 1070 g/mol. The van der Waals surface area contributed by atoms with Crippen LogP contribution in [0.25, 0.3) is 0 Å². The third-order valence-corrected chi connectivity index (χ3v) is 14.4. The number of ketones is 2. The topological polar surface area (TPSA) is 247 Å². The zero-order chi connectivity index (χ0) is 53.1. The molecule has 2 aliphatic heterocycles. The van der Waals surface area contributed by atoms with Gasteiger partial charge in [-0.2, -0.15) is 0 Å². The Hall–Kier alpha value is -6.47. The number of fused-ring (bicyclic) bond motifs is 2. The number of carbonyl (C=O) groups excluding carboxylic acids is 9. The van der Waals surface area contributed by atoms with Crippen molar-refractivity contribution in [2.45, 2.75) is 141 Å². The fraction of sp³-hybridized carbons (Fsp3) is 0.500. The van der Waals surface area contributed by atoms with Crippen LogP contribution in [-0.2, 0) is 67.3 Å². The summed E-state index contributed by atoms with van der Waals surface area (Å²) in [5.41, 5.74) is 2.06. The minimum Gasteiger partial charge on any atom is -0.460 e. The van der Waals surface area contributed by atoms with E-state index < -0.39 is 126 Å². The van der Waals surface area contributed by atoms with Crippen molar-refractivity contribution in [2.24, 2.45) is 23.7 Å². The van der Waals surface area contributed by atoms with Gasteiger partial charge in [0, 0.05) is 44.5 Å². The lowest BCUT2D eigenvalue weighted by molar-refractivity contribution is -0.167. The first-order valence-electron chi connectivity index (χ1n) is 24.9. The molecule has 2 saturated heterocycles. The molecule has 6 amide bonds. The molecule has 394 valence electrons. The van der Waals surface area contributed by atoms with Gasteiger partial charge in [-0.15, -0.1) is 0 Å². The minimum atomic E-state index is -1.42. The highest BCUT2D eigenvalue weighted by Crippen LogP contribution is 2.36. The van der Waals surface area contributed by atoms with E-state index >= 15 is 4.79 Å². The molecule has 0 aromatic heterocycles. The molecular formula is C54H69BrN6O12. The monoisotopic (exact) mass is 1070 g/mol. The van der Waals surface area contributed by atoms with Gasteiger partial charge in [0.1, 0.15) is 43.1 Å². The van der Waals surface area contributed by atoms with Crippen LogP contribution in [0.1, 0.15) is 91.3 Å². The lowest BCUT2D eigenvalue weighted by Gasteiger charge is -2.43. The summed E-state index contributed by atoms with van der Waals surface area (Å²) in [6.45, 7) is 7.52. The lowest BCUT2D eigenvalue weighted by atomic mass is 9.86. The highest BCUT2D eigenvalue weighted by Gasteiger charge is 2.47. The number of halogens is 1. The second-order valence-corrected chi connectivity index (χ2v) is 20.7. The molecule has 0 radical (unpaired) electrons. The quantitative estimate of drug-likeness (QED) is 0.140. The maximum absolute atomic E-state index is 15.1. The number of nitrogens with zero attached hydrogens (tertiary/aromatic N) is 2. The maximum atomic E-state index is 15.1. The Labute approximate surface area is 435 Å². The van der Waals surface area contributed by atoms with E-state index in [1.54, 1.807) is 92.7 Å². The SMILES string of the molecule is CC(C)[C@@H]1NC(=O)[C@H](Cc2ccccc2)N(C)C(=O)[C@H](Cc2ccc(Br)cc2)N2C(=O)[C@H](CC[C@H]2O)CC(=O)[C@H](C2CC2)NC(=O)[C@@H](CC(=O)[C@H](C)NC(=O)[C@H](C)NC(=O)OCc2ccccc2)[C@@H](C)OC1=O.[HH]. The number of nitrogens with one attached hydrogen (secondary N) is 4. The predicted molar refractivity (Wildman–Crippen MR) is 273 cm³/mol. The van der Waals surface area contributed by atoms with Gasteiger partial charge in [0.15, 0.2) is 11.6 Å². The highest BCUT2D eigenvalue weighted by atomic mass is 79.9. The van der Waals surface area contributed by atoms with E-state index in [1.807, 2.05) is 6.07 Å². The molecule has 3 fully saturated rings. The van der Waals surface area contributed by atoms with Gasteiger partial charge in [0.25, 0.3) is 0 Å². The number of hydrogen-bond acceptors (Lipinski definition) is 12. The molecule has 18 nitrogen and oxygen atoms in total. The summed E-state index contributed by atoms with van der Waals surface area (Å²) >= 11 is 3.44. The summed E-state index contributed by atoms with van der Waals surface area (Å²) in [4.78, 5) is 130. The van der Waals surface area contributed by atoms with Crippen molar-refractivity contribution in [3.8, 4) is 0 Å². The molecule has 2 bridgehead atoms. The van der Waals surface area contributed by atoms with Gasteiger partial charge in [-0.3, -0.25) is 33.6 Å². The first kappa shape index (κ1) is 55.8. The number of benzene rings is 3. The molecule has 0 spiro atoms. The number of carbonyl (C=O) groups is 9. The Morgan fingerprint density at radius 2 is 1.37 bits per heavy atom. The Balaban J connectivity index is 0.0000101. The summed E-state index contributed by atoms with van der Waals surface area (Å²) in [7, 11) is 1.43. The predicted octanol–water partition coefficient (Wildman–Crippen LogP) is 4.57. The Morgan fingerprint density at radius 1 is 0.767 bits per heavy atom. The van der Waals surface area contributed by atoms with Gasteiger partial charge >= 0.3 is 12.1 Å². The lowest BCUT2D eigenvalue weighted by Crippen LogP contribution is -2.62. The zero-order valence-corrected chi connectivity index (χ0v) is 43.7. The number of alkyl carbamates (subject to hydrolysis) is 1. The minimum absolute atomic E-state index is 0. The second-order valence-electron chi connectivity index (χ2n) is 19.8. The van der Waals surface area contributed by atoms with E-state index in [4.69, 9.17) is 9.47 Å². The van der Waals surface area contributed by atoms with Gasteiger partial charge in [-0.25, -0.2) is 9.59 Å². The van der Waals surface area contributed by atoms with Crippen molar-refractivity contribution in [3.63, 3.8) is 0 Å². The van der Waals surface area contributed by atoms with Crippen LogP contribution in [0.5, 0.6) is 0 Å². The number of aliphatic hydroxyl groups excluding tert-OH is 1. The largest absolute Gasteiger partial charge is 0.460 e. The number of esters is 1. The summed E-state index contributed by atoms with van der Waals surface area (Å²) in [6.07, 6.45) is -3.30. The molecule has 6 rings (SSSR count). The smallest absolute Gasteiger partial charge is 0.408 e. The van der Waals surface area contributed by atoms with E-state index in [9.17, 15) is 43.5 Å². The molecule has 19 heteroatoms. The molecule has 5 N–H and O–H groups in total. The molecule has 3 aromatic carbocycles. The van der Waals surface area contributed by atoms with Crippen molar-refractivity contribution in [1.29, 1.82) is 0 Å². The van der Waals surface area contributed by atoms with Crippen LogP contribution >= 0.6 is 15.9 Å². The zero-order valence-electron chi connectivity index (χ0n) is 42.1. The number of piperidine rings is 1. The van der Waals surface area contributed by atoms with Crippen LogP contribution in [-0.4, -0.2) is 124 Å². The van der Waals surface area contributed by atoms with Crippen molar-refractivity contribution < 1.29 is 59.2 Å². The number of Topliss-reactive ketones (excluding diaryl/α,β-unsaturated/α-hetero) is 2. The molecular weight excluding hydrogens is 1000 g/mol. The first-order chi connectivity index (χ1) is 34.7. The number of likely N-dealkylation sites (N-methyl/N-ethyl adjacent to an activating group) is 1. The Morgan fingerprint density at radius 3 is 1.99 bits per heavy atom. The van der Waals surface area contributed by atoms with E-state index in [2.05, 4.69) is 37.2 Å². The summed E-state index contributed by atoms with van der Waals surface area (Å²) in [5, 5.41) is 22.2. The highest BCUT2D eigenvalue weighted by molar-refractivity contribution is 9.10. The van der Waals surface area contributed by atoms with Gasteiger partial charge < -0.3 is 45.6 Å². The van der Waals surface area contributed by atoms with E-state index in [-0.39, 0.29) is 46.1 Å². The molecule has 3 aliphatic rings. The van der Waals surface area contributed by atoms with Crippen LogP contribution < -0.4 is 21.3 Å². The van der Waals surface area contributed by atoms with Gasteiger partial charge in [-0.05, 0) is 87.1 Å². The summed E-state index contributed by atoms with van der Waals surface area (Å²) in [5.74, 6) is -8.91. The molecule has 2 heterocycles. The molecule has 73 heavy (non-hydrogen) atoms. The van der Waals surface area contributed by atoms with Crippen LogP contribution in [0.2, 0.25) is 0 Å². The van der Waals surface area contributed by atoms with Crippen molar-refractivity contribution in [1.82, 2.24) is 31.1 Å². The fourth-order valence-electron chi connectivity index (χ4n) is 9.20. The first-order valence-corrected chi connectivity index (χ1v) is 25.7. The normalized spacial score (nSPS) is 25.5. The number of ether oxygens (including phenoxy) is 2. The Bertz CT molecular complexity index is 2480. The van der Waals surface area contributed by atoms with Crippen LogP contribution in [0.4, 0.5) is 4.79 Å². The second kappa shape index (κ2) is 25.5. The van der Waals surface area contributed by atoms with E-state index in [0.29, 0.717) is 24.0 Å². The van der Waals surface area contributed by atoms with Crippen LogP contribution in [0, 0.1) is 23.7 Å². The summed E-state index contributed by atoms with van der Waals surface area (Å²) in [6, 6.07) is 17.6. The van der Waals surface area contributed by atoms with Gasteiger partial charge in [0.05, 0.1) is 18.0 Å². The molecule has 1 aliphatic carbocycles. The fourth-order valence-corrected chi connectivity index (χ4v) is 9.46. The molecule has 10 atom stereocenters. The molecule has 1 saturated carbocycles. The van der Waals surface area contributed by atoms with Crippen molar-refractivity contribution in [3.05, 3.63) is 106 Å². The number of cyclic esters (lactones) is 1. The van der Waals surface area contributed by atoms with E-state index in [0.717, 1.165) is 14.9 Å². The summed E-state index contributed by atoms with van der Waals surface area (Å²) < 4.78 is 12.0.